The molecular weight excluding hydrogens is 261 g/mol. The van der Waals surface area contributed by atoms with Crippen LogP contribution in [0.5, 0.6) is 0 Å². The van der Waals surface area contributed by atoms with E-state index in [0.29, 0.717) is 12.6 Å². The summed E-state index contributed by atoms with van der Waals surface area (Å²) in [5, 5.41) is 8.45. The number of hydrogen-bond donors (Lipinski definition) is 3. The van der Waals surface area contributed by atoms with E-state index in [1.165, 1.54) is 6.07 Å². The third kappa shape index (κ3) is 3.25. The molecule has 0 saturated heterocycles. The van der Waals surface area contributed by atoms with Gasteiger partial charge in [0.1, 0.15) is 0 Å². The molecule has 0 aliphatic rings. The fourth-order valence-corrected chi connectivity index (χ4v) is 1.14. The van der Waals surface area contributed by atoms with Crippen LogP contribution in [-0.2, 0) is 10.2 Å². The molecule has 0 bridgehead atoms. The summed E-state index contributed by atoms with van der Waals surface area (Å²) >= 11 is 0. The number of hydrogen-bond acceptors (Lipinski definition) is 3. The Morgan fingerprint density at radius 2 is 1.84 bits per heavy atom. The highest BCUT2D eigenvalue weighted by Crippen LogP contribution is 2.29. The standard InChI is InChI=1S/C11H17F3N4O/c1-9(2,3)6-5-7(18-17-6)16-8(19)10(4,15)11(12,13)14/h5H,15H2,1-4H3,(H2,16,17,18,19). The number of aromatic amines is 1. The van der Waals surface area contributed by atoms with Gasteiger partial charge in [-0.3, -0.25) is 9.89 Å². The molecule has 1 amide bonds. The van der Waals surface area contributed by atoms with E-state index in [4.69, 9.17) is 5.73 Å². The summed E-state index contributed by atoms with van der Waals surface area (Å²) in [6.07, 6.45) is -4.83. The maximum atomic E-state index is 12.6. The van der Waals surface area contributed by atoms with Crippen molar-refractivity contribution in [1.82, 2.24) is 10.2 Å². The number of H-pyrrole nitrogens is 1. The lowest BCUT2D eigenvalue weighted by atomic mass is 9.92. The minimum absolute atomic E-state index is 0.0100. The zero-order valence-corrected chi connectivity index (χ0v) is 11.1. The lowest BCUT2D eigenvalue weighted by Gasteiger charge is -2.25. The number of anilines is 1. The summed E-state index contributed by atoms with van der Waals surface area (Å²) in [7, 11) is 0. The summed E-state index contributed by atoms with van der Waals surface area (Å²) in [6, 6.07) is 1.48. The molecule has 4 N–H and O–H groups in total. The fraction of sp³-hybridized carbons (Fsp3) is 0.636. The zero-order valence-electron chi connectivity index (χ0n) is 11.1. The van der Waals surface area contributed by atoms with Crippen molar-refractivity contribution in [2.75, 3.05) is 5.32 Å². The maximum Gasteiger partial charge on any atom is 0.415 e. The van der Waals surface area contributed by atoms with Crippen molar-refractivity contribution in [1.29, 1.82) is 0 Å². The predicted octanol–water partition coefficient (Wildman–Crippen LogP) is 1.93. The first kappa shape index (κ1) is 15.5. The number of carbonyl (C=O) groups is 1. The molecule has 5 nitrogen and oxygen atoms in total. The second-order valence-electron chi connectivity index (χ2n) is 5.57. The first-order valence-corrected chi connectivity index (χ1v) is 5.58. The van der Waals surface area contributed by atoms with E-state index in [1.54, 1.807) is 0 Å². The van der Waals surface area contributed by atoms with E-state index in [0.717, 1.165) is 0 Å². The Kier molecular flexibility index (Phi) is 3.68. The molecular formula is C11H17F3N4O. The van der Waals surface area contributed by atoms with Gasteiger partial charge in [0.25, 0.3) is 5.91 Å². The summed E-state index contributed by atoms with van der Waals surface area (Å²) in [5.74, 6) is -1.34. The van der Waals surface area contributed by atoms with Gasteiger partial charge in [-0.2, -0.15) is 18.3 Å². The predicted molar refractivity (Wildman–Crippen MR) is 64.6 cm³/mol. The number of carbonyl (C=O) groups excluding carboxylic acids is 1. The lowest BCUT2D eigenvalue weighted by Crippen LogP contribution is -2.59. The van der Waals surface area contributed by atoms with Crippen molar-refractivity contribution >= 4 is 11.7 Å². The smallest absolute Gasteiger partial charge is 0.310 e. The van der Waals surface area contributed by atoms with Gasteiger partial charge in [-0.05, 0) is 6.92 Å². The summed E-state index contributed by atoms with van der Waals surface area (Å²) in [6.45, 7) is 6.30. The molecule has 19 heavy (non-hydrogen) atoms. The Hall–Kier alpha value is -1.57. The highest BCUT2D eigenvalue weighted by molar-refractivity contribution is 5.97. The van der Waals surface area contributed by atoms with E-state index in [-0.39, 0.29) is 11.2 Å². The summed E-state index contributed by atoms with van der Waals surface area (Å²) in [4.78, 5) is 11.5. The molecule has 1 aromatic heterocycles. The van der Waals surface area contributed by atoms with E-state index < -0.39 is 17.6 Å². The molecule has 0 aliphatic heterocycles. The SMILES string of the molecule is CC(C)(C)c1cc(NC(=O)C(C)(N)C(F)(F)F)n[nH]1. The van der Waals surface area contributed by atoms with Crippen LogP contribution in [0, 0.1) is 0 Å². The average molecular weight is 278 g/mol. The van der Waals surface area contributed by atoms with Crippen molar-refractivity contribution < 1.29 is 18.0 Å². The number of nitrogens with one attached hydrogen (secondary N) is 2. The highest BCUT2D eigenvalue weighted by atomic mass is 19.4. The third-order valence-electron chi connectivity index (χ3n) is 2.69. The average Bonchev–Trinajstić information content (AvgIpc) is 2.63. The minimum atomic E-state index is -4.83. The fourth-order valence-electron chi connectivity index (χ4n) is 1.14. The van der Waals surface area contributed by atoms with Crippen LogP contribution in [0.3, 0.4) is 0 Å². The second kappa shape index (κ2) is 4.52. The molecule has 1 heterocycles. The first-order valence-electron chi connectivity index (χ1n) is 5.58. The number of nitrogens with two attached hydrogens (primary N) is 1. The van der Waals surface area contributed by atoms with Gasteiger partial charge in [0, 0.05) is 17.2 Å². The van der Waals surface area contributed by atoms with Crippen molar-refractivity contribution in [3.05, 3.63) is 11.8 Å². The van der Waals surface area contributed by atoms with Gasteiger partial charge in [-0.25, -0.2) is 0 Å². The van der Waals surface area contributed by atoms with Gasteiger partial charge in [0.2, 0.25) is 0 Å². The van der Waals surface area contributed by atoms with Crippen molar-refractivity contribution in [3.8, 4) is 0 Å². The topological polar surface area (TPSA) is 83.8 Å². The van der Waals surface area contributed by atoms with Crippen LogP contribution in [0.4, 0.5) is 19.0 Å². The Bertz CT molecular complexity index is 471. The van der Waals surface area contributed by atoms with E-state index in [1.807, 2.05) is 20.8 Å². The minimum Gasteiger partial charge on any atom is -0.310 e. The van der Waals surface area contributed by atoms with Crippen LogP contribution in [0.2, 0.25) is 0 Å². The Morgan fingerprint density at radius 3 is 2.21 bits per heavy atom. The molecule has 0 saturated carbocycles. The largest absolute Gasteiger partial charge is 0.415 e. The van der Waals surface area contributed by atoms with E-state index in [2.05, 4.69) is 15.5 Å². The van der Waals surface area contributed by atoms with Gasteiger partial charge in [-0.15, -0.1) is 0 Å². The van der Waals surface area contributed by atoms with E-state index in [9.17, 15) is 18.0 Å². The van der Waals surface area contributed by atoms with Gasteiger partial charge >= 0.3 is 6.18 Å². The molecule has 108 valence electrons. The number of aromatic nitrogens is 2. The van der Waals surface area contributed by atoms with Gasteiger partial charge in [-0.1, -0.05) is 20.8 Å². The van der Waals surface area contributed by atoms with Gasteiger partial charge in [0.05, 0.1) is 0 Å². The second-order valence-corrected chi connectivity index (χ2v) is 5.57. The Balaban J connectivity index is 2.87. The van der Waals surface area contributed by atoms with Crippen molar-refractivity contribution in [2.45, 2.75) is 44.8 Å². The van der Waals surface area contributed by atoms with Gasteiger partial charge < -0.3 is 11.1 Å². The lowest BCUT2D eigenvalue weighted by molar-refractivity contribution is -0.184. The molecule has 0 fully saturated rings. The maximum absolute atomic E-state index is 12.6. The highest BCUT2D eigenvalue weighted by Gasteiger charge is 2.54. The van der Waals surface area contributed by atoms with Crippen LogP contribution in [-0.4, -0.2) is 27.8 Å². The molecule has 1 rings (SSSR count). The van der Waals surface area contributed by atoms with Crippen LogP contribution in [0.25, 0.3) is 0 Å². The number of halogens is 3. The molecule has 8 heteroatoms. The zero-order chi connectivity index (χ0) is 15.1. The summed E-state index contributed by atoms with van der Waals surface area (Å²) < 4.78 is 37.7. The monoisotopic (exact) mass is 278 g/mol. The normalized spacial score (nSPS) is 16.0. The molecule has 1 atom stereocenters. The molecule has 0 radical (unpaired) electrons. The molecule has 0 aliphatic carbocycles. The molecule has 0 spiro atoms. The number of nitrogens with zero attached hydrogens (tertiary/aromatic N) is 1. The molecule has 0 aromatic carbocycles. The number of rotatable bonds is 2. The van der Waals surface area contributed by atoms with Crippen LogP contribution in [0.15, 0.2) is 6.07 Å². The summed E-state index contributed by atoms with van der Waals surface area (Å²) in [5.41, 5.74) is 2.47. The van der Waals surface area contributed by atoms with Gasteiger partial charge in [0.15, 0.2) is 11.4 Å². The Labute approximate surface area is 108 Å². The van der Waals surface area contributed by atoms with E-state index >= 15 is 0 Å². The third-order valence-corrected chi connectivity index (χ3v) is 2.69. The van der Waals surface area contributed by atoms with Crippen molar-refractivity contribution in [2.24, 2.45) is 5.73 Å². The quantitative estimate of drug-likeness (QED) is 0.772. The van der Waals surface area contributed by atoms with Crippen LogP contribution >= 0.6 is 0 Å². The Morgan fingerprint density at radius 1 is 1.32 bits per heavy atom. The molecule has 1 aromatic rings. The van der Waals surface area contributed by atoms with Crippen LogP contribution < -0.4 is 11.1 Å². The number of alkyl halides is 3. The molecule has 1 unspecified atom stereocenters. The first-order chi connectivity index (χ1) is 8.35. The number of amides is 1. The van der Waals surface area contributed by atoms with Crippen LogP contribution in [0.1, 0.15) is 33.4 Å². The van der Waals surface area contributed by atoms with Crippen molar-refractivity contribution in [3.63, 3.8) is 0 Å².